The zero-order valence-corrected chi connectivity index (χ0v) is 63.7. The fourth-order valence-electron chi connectivity index (χ4n) is 22.0. The van der Waals surface area contributed by atoms with Crippen LogP contribution in [0.3, 0.4) is 0 Å². The molecule has 23 heteroatoms. The first-order chi connectivity index (χ1) is 49.6. The first-order valence-corrected chi connectivity index (χ1v) is 37.8. The number of amides is 1. The van der Waals surface area contributed by atoms with E-state index in [1.807, 2.05) is 6.92 Å². The van der Waals surface area contributed by atoms with Crippen LogP contribution < -0.4 is 5.32 Å². The third-order valence-electron chi connectivity index (χ3n) is 28.0. The van der Waals surface area contributed by atoms with Crippen molar-refractivity contribution in [2.75, 3.05) is 13.2 Å². The van der Waals surface area contributed by atoms with Crippen LogP contribution in [0.25, 0.3) is 0 Å². The van der Waals surface area contributed by atoms with Crippen molar-refractivity contribution in [3.8, 4) is 0 Å². The number of carbonyl (C=O) groups is 6. The van der Waals surface area contributed by atoms with E-state index in [9.17, 15) is 69.9 Å². The van der Waals surface area contributed by atoms with Gasteiger partial charge in [0.05, 0.1) is 60.1 Å². The lowest BCUT2D eigenvalue weighted by Gasteiger charge is -2.70. The molecule has 0 radical (unpaired) electrons. The second-order valence-electron chi connectivity index (χ2n) is 34.7. The summed E-state index contributed by atoms with van der Waals surface area (Å²) < 4.78 is 42.5. The highest BCUT2D eigenvalue weighted by atomic mass is 16.7. The molecular formula is C83H113NO22. The maximum Gasteiger partial charge on any atom is 0.338 e. The van der Waals surface area contributed by atoms with Crippen LogP contribution in [0.15, 0.2) is 114 Å². The summed E-state index contributed by atoms with van der Waals surface area (Å²) in [5, 5.41) is 105. The molecule has 2 heterocycles. The predicted octanol–water partition coefficient (Wildman–Crippen LogP) is 8.06. The molecule has 26 atom stereocenters. The lowest BCUT2D eigenvalue weighted by atomic mass is 9.35. The number of carbonyl (C=O) groups excluding carboxylic acids is 6. The number of hydrogen-bond acceptors (Lipinski definition) is 22. The molecule has 1 amide bonds. The highest BCUT2D eigenvalue weighted by Crippen LogP contribution is 2.76. The Morgan fingerprint density at radius 1 is 0.736 bits per heavy atom. The summed E-state index contributed by atoms with van der Waals surface area (Å²) in [6.07, 6.45) is -7.36. The molecule has 3 aromatic carbocycles. The van der Waals surface area contributed by atoms with Gasteiger partial charge in [0.2, 0.25) is 0 Å². The minimum absolute atomic E-state index is 0.00289. The summed E-state index contributed by atoms with van der Waals surface area (Å²) in [5.74, 6) is -6.05. The van der Waals surface area contributed by atoms with Gasteiger partial charge in [0.15, 0.2) is 29.9 Å². The average molecular weight is 1480 g/mol. The van der Waals surface area contributed by atoms with Crippen molar-refractivity contribution in [2.45, 2.75) is 270 Å². The van der Waals surface area contributed by atoms with Gasteiger partial charge in [-0.25, -0.2) is 9.59 Å². The Hall–Kier alpha value is -6.32. The molecule has 0 unspecified atom stereocenters. The highest BCUT2D eigenvalue weighted by Gasteiger charge is 2.79. The third kappa shape index (κ3) is 13.6. The number of hydrogen-bond donors (Lipinski definition) is 10. The maximum atomic E-state index is 15.5. The maximum absolute atomic E-state index is 15.5. The third-order valence-corrected chi connectivity index (χ3v) is 28.0. The molecule has 12 rings (SSSR count). The average Bonchev–Trinajstić information content (AvgIpc) is 0.869. The van der Waals surface area contributed by atoms with E-state index in [4.69, 9.17) is 33.2 Å². The first kappa shape index (κ1) is 80.7. The fraction of sp³-hybridized carbons (Fsp3) is 0.663. The van der Waals surface area contributed by atoms with Gasteiger partial charge in [-0.05, 0) is 179 Å². The molecule has 0 aromatic heterocycles. The summed E-state index contributed by atoms with van der Waals surface area (Å²) >= 11 is 0. The lowest BCUT2D eigenvalue weighted by molar-refractivity contribution is -0.346. The van der Waals surface area contributed by atoms with Crippen LogP contribution in [-0.4, -0.2) is 191 Å². The van der Waals surface area contributed by atoms with Crippen LogP contribution in [0.4, 0.5) is 0 Å². The van der Waals surface area contributed by atoms with Crippen LogP contribution >= 0.6 is 0 Å². The van der Waals surface area contributed by atoms with Gasteiger partial charge in [-0.3, -0.25) is 19.2 Å². The number of aliphatic hydroxyl groups excluding tert-OH is 7. The van der Waals surface area contributed by atoms with Crippen molar-refractivity contribution in [1.82, 2.24) is 5.32 Å². The highest BCUT2D eigenvalue weighted by molar-refractivity contribution is 5.96. The lowest BCUT2D eigenvalue weighted by Crippen LogP contribution is -2.82. The molecule has 3 aromatic rings. The molecule has 2 aliphatic heterocycles. The molecule has 2 saturated heterocycles. The largest absolute Gasteiger partial charge is 0.456 e. The van der Waals surface area contributed by atoms with Crippen molar-refractivity contribution in [2.24, 2.45) is 62.1 Å². The summed E-state index contributed by atoms with van der Waals surface area (Å²) in [7, 11) is 0. The van der Waals surface area contributed by atoms with Gasteiger partial charge in [-0.1, -0.05) is 127 Å². The van der Waals surface area contributed by atoms with Gasteiger partial charge in [-0.2, -0.15) is 0 Å². The SMILES string of the molecule is CC(=O)O[C@H]1C(=O)[C@@]2(C)[C@H]([C@H](OC(=O)c3ccccc3)[C@]3(O)C[C@H](OC(=O)[C@H](O)[C@@H](NC(=O)c4ccccc4)c4ccccc4)C(C)=C1C3(C)C)[C@]1(OC(C)=O)CO[C@@H]1C[C@@H]2O.CC(C)=CCC[C@](C)(O)[C@H]1CC[C@]2(C)[C@@H]1[C@H](O)C[C@@H]1[C@@]3(C)CC[C@H](O[C@@H]4O[C@H](CO)[C@@H](O)[C@H](O)[C@H]4O)C(C)(C)[C@@H]3CC[C@]12C. The first-order valence-electron chi connectivity index (χ1n) is 37.8. The van der Waals surface area contributed by atoms with E-state index in [0.29, 0.717) is 23.8 Å². The van der Waals surface area contributed by atoms with E-state index in [0.717, 1.165) is 65.2 Å². The Morgan fingerprint density at radius 2 is 1.35 bits per heavy atom. The van der Waals surface area contributed by atoms with Crippen LogP contribution in [0, 0.1) is 62.1 Å². The number of fused-ring (bicyclic) bond motifs is 10. The fourth-order valence-corrected chi connectivity index (χ4v) is 22.0. The second kappa shape index (κ2) is 29.8. The summed E-state index contributed by atoms with van der Waals surface area (Å²) in [6.45, 7) is 25.5. The number of allylic oxidation sites excluding steroid dienone is 2. The van der Waals surface area contributed by atoms with E-state index >= 15 is 4.79 Å². The molecule has 9 aliphatic rings. The number of rotatable bonds is 17. The van der Waals surface area contributed by atoms with Gasteiger partial charge in [-0.15, -0.1) is 0 Å². The number of nitrogens with one attached hydrogen (secondary N) is 1. The van der Waals surface area contributed by atoms with Crippen LogP contribution in [-0.2, 0) is 52.3 Å². The standard InChI is InChI=1S/C47H51NO14.C36H62O8/c1-25-31(60-43(56)36(52)35(28-16-10-7-11-17-28)48-41(54)29-18-12-8-13-19-29)23-47(57)40(61-42(55)30-20-14-9-15-21-30)38-45(6,32(51)22-33-46(38,24-58-33)62-27(3)50)39(53)37(59-26(2)49)34(25)44(47,4)5;1-20(2)10-9-14-36(8,42)21-11-16-35(7)27(21)22(38)18-25-33(5)15-13-26(32(3,4)24(33)12-17-34(25,35)6)44-31-30(41)29(40)28(39)23(19-37)43-31/h7-21,31-33,35-38,40,51-52,57H,22-24H2,1-6H3,(H,48,54);10,21-31,37-42H,9,11-19H2,1-8H3/t31-,32-,33+,35-,36+,37+,38-,40-,45+,46-,47+;21-,22+,23+,24-,25+,26-,27-,28+,29-,30+,31-,33-,34+,35+,36-/m00/s1. The van der Waals surface area contributed by atoms with Crippen molar-refractivity contribution in [3.63, 3.8) is 0 Å². The van der Waals surface area contributed by atoms with E-state index in [1.54, 1.807) is 92.7 Å². The van der Waals surface area contributed by atoms with Crippen molar-refractivity contribution >= 4 is 35.6 Å². The second-order valence-corrected chi connectivity index (χ2v) is 34.7. The molecule has 106 heavy (non-hydrogen) atoms. The Balaban J connectivity index is 0.000000224. The summed E-state index contributed by atoms with van der Waals surface area (Å²) in [6, 6.07) is 22.9. The molecule has 7 aliphatic carbocycles. The number of Topliss-reactive ketones (excluding diaryl/α,β-unsaturated/α-hetero) is 1. The van der Waals surface area contributed by atoms with Gasteiger partial charge >= 0.3 is 23.9 Å². The molecule has 0 spiro atoms. The monoisotopic (exact) mass is 1480 g/mol. The van der Waals surface area contributed by atoms with E-state index in [-0.39, 0.29) is 74.9 Å². The van der Waals surface area contributed by atoms with Gasteiger partial charge < -0.3 is 84.4 Å². The van der Waals surface area contributed by atoms with Gasteiger partial charge in [0.25, 0.3) is 5.91 Å². The predicted molar refractivity (Wildman–Crippen MR) is 386 cm³/mol. The summed E-state index contributed by atoms with van der Waals surface area (Å²) in [4.78, 5) is 83.5. The van der Waals surface area contributed by atoms with Gasteiger partial charge in [0.1, 0.15) is 48.3 Å². The molecule has 10 N–H and O–H groups in total. The molecule has 8 fully saturated rings. The number of ether oxygens (including phenoxy) is 7. The molecule has 2 bridgehead atoms. The normalized spacial score (nSPS) is 40.0. The van der Waals surface area contributed by atoms with E-state index in [1.165, 1.54) is 31.6 Å². The number of esters is 4. The minimum Gasteiger partial charge on any atom is -0.456 e. The van der Waals surface area contributed by atoms with E-state index < -0.39 is 162 Å². The summed E-state index contributed by atoms with van der Waals surface area (Å²) in [5.41, 5.74) is -6.90. The molecular weight excluding hydrogens is 1360 g/mol. The smallest absolute Gasteiger partial charge is 0.338 e. The Morgan fingerprint density at radius 3 is 1.93 bits per heavy atom. The zero-order chi connectivity index (χ0) is 77.6. The van der Waals surface area contributed by atoms with Crippen LogP contribution in [0.2, 0.25) is 0 Å². The number of ketones is 1. The number of benzene rings is 3. The van der Waals surface area contributed by atoms with Crippen LogP contribution in [0.5, 0.6) is 0 Å². The van der Waals surface area contributed by atoms with Gasteiger partial charge in [0, 0.05) is 37.7 Å². The van der Waals surface area contributed by atoms with Crippen molar-refractivity contribution in [3.05, 3.63) is 130 Å². The van der Waals surface area contributed by atoms with E-state index in [2.05, 4.69) is 59.9 Å². The quantitative estimate of drug-likeness (QED) is 0.0264. The van der Waals surface area contributed by atoms with Crippen LogP contribution in [0.1, 0.15) is 200 Å². The van der Waals surface area contributed by atoms with Crippen molar-refractivity contribution in [1.29, 1.82) is 0 Å². The molecule has 23 nitrogen and oxygen atoms in total. The Kier molecular flexibility index (Phi) is 22.7. The topological polar surface area (TPSA) is 361 Å². The Bertz CT molecular complexity index is 3800. The minimum atomic E-state index is -2.39. The zero-order valence-electron chi connectivity index (χ0n) is 63.7. The molecule has 6 saturated carbocycles. The molecule has 582 valence electrons. The Labute approximate surface area is 621 Å². The van der Waals surface area contributed by atoms with Crippen molar-refractivity contribution < 1.29 is 108 Å². The number of aliphatic hydroxyl groups is 9.